The number of benzene rings is 2. The van der Waals surface area contributed by atoms with Crippen LogP contribution in [0.1, 0.15) is 93.0 Å². The maximum Gasteiger partial charge on any atom is 0.303 e. The van der Waals surface area contributed by atoms with Crippen molar-refractivity contribution < 1.29 is 24.2 Å². The SMILES string of the molecule is COc1ccc(C(=O)N[C@H](C)C2CCCCC2)c(N2CCC(COc3cccc(C(CC(=O)O)C4CC4)c3)CC2)c1. The van der Waals surface area contributed by atoms with Gasteiger partial charge in [-0.2, -0.15) is 0 Å². The first-order valence-corrected chi connectivity index (χ1v) is 15.6. The van der Waals surface area contributed by atoms with Gasteiger partial charge in [-0.25, -0.2) is 0 Å². The number of rotatable bonds is 12. The Kier molecular flexibility index (Phi) is 9.73. The second-order valence-electron chi connectivity index (χ2n) is 12.4. The van der Waals surface area contributed by atoms with Crippen LogP contribution in [0.25, 0.3) is 0 Å². The standard InChI is InChI=1S/C34H46N2O5/c1-23(25-7-4-3-5-8-25)35-34(39)30-14-13-28(40-2)20-32(30)36-17-15-24(16-18-36)22-41-29-10-6-9-27(19-29)31(21-33(37)38)26-11-12-26/h6,9-10,13-14,19-20,23-26,31H,3-5,7-8,11-12,15-18,21-22H2,1-2H3,(H,35,39)(H,37,38)/t23-,31?/m1/s1. The first-order chi connectivity index (χ1) is 19.9. The van der Waals surface area contributed by atoms with Crippen molar-refractivity contribution in [3.05, 3.63) is 53.6 Å². The van der Waals surface area contributed by atoms with Crippen LogP contribution in [0.15, 0.2) is 42.5 Å². The molecule has 0 bridgehead atoms. The lowest BCUT2D eigenvalue weighted by molar-refractivity contribution is -0.137. The highest BCUT2D eigenvalue weighted by Crippen LogP contribution is 2.45. The Labute approximate surface area is 244 Å². The quantitative estimate of drug-likeness (QED) is 0.301. The van der Waals surface area contributed by atoms with Crippen LogP contribution in [0, 0.1) is 17.8 Å². The lowest BCUT2D eigenvalue weighted by Crippen LogP contribution is -2.40. The van der Waals surface area contributed by atoms with Gasteiger partial charge < -0.3 is 24.8 Å². The fraction of sp³-hybridized carbons (Fsp3) is 0.588. The average Bonchev–Trinajstić information content (AvgIpc) is 3.85. The summed E-state index contributed by atoms with van der Waals surface area (Å²) in [6.45, 7) is 4.48. The molecular weight excluding hydrogens is 516 g/mol. The van der Waals surface area contributed by atoms with Gasteiger partial charge in [0.05, 0.1) is 31.4 Å². The van der Waals surface area contributed by atoms with Gasteiger partial charge in [-0.15, -0.1) is 0 Å². The molecule has 2 N–H and O–H groups in total. The van der Waals surface area contributed by atoms with E-state index in [4.69, 9.17) is 9.47 Å². The Morgan fingerprint density at radius 2 is 1.71 bits per heavy atom. The van der Waals surface area contributed by atoms with Crippen molar-refractivity contribution >= 4 is 17.6 Å². The van der Waals surface area contributed by atoms with Gasteiger partial charge in [-0.1, -0.05) is 31.4 Å². The molecule has 3 aliphatic rings. The molecule has 0 radical (unpaired) electrons. The molecule has 222 valence electrons. The third-order valence-electron chi connectivity index (χ3n) is 9.48. The third kappa shape index (κ3) is 7.75. The number of hydrogen-bond donors (Lipinski definition) is 2. The second kappa shape index (κ2) is 13.6. The van der Waals surface area contributed by atoms with Gasteiger partial charge in [-0.3, -0.25) is 9.59 Å². The van der Waals surface area contributed by atoms with Gasteiger partial charge in [0, 0.05) is 25.2 Å². The normalized spacial score (nSPS) is 19.8. The van der Waals surface area contributed by atoms with E-state index in [0.29, 0.717) is 29.9 Å². The molecule has 1 amide bonds. The minimum atomic E-state index is -0.740. The summed E-state index contributed by atoms with van der Waals surface area (Å²) in [7, 11) is 1.66. The Balaban J connectivity index is 1.18. The van der Waals surface area contributed by atoms with Crippen LogP contribution in [0.4, 0.5) is 5.69 Å². The summed E-state index contributed by atoms with van der Waals surface area (Å²) in [5.41, 5.74) is 2.73. The number of methoxy groups -OCH3 is 1. The van der Waals surface area contributed by atoms with E-state index in [1.165, 1.54) is 32.1 Å². The fourth-order valence-corrected chi connectivity index (χ4v) is 6.76. The van der Waals surface area contributed by atoms with E-state index in [1.54, 1.807) is 7.11 Å². The largest absolute Gasteiger partial charge is 0.497 e. The molecule has 0 spiro atoms. The summed E-state index contributed by atoms with van der Waals surface area (Å²) < 4.78 is 11.8. The highest BCUT2D eigenvalue weighted by molar-refractivity contribution is 6.00. The zero-order chi connectivity index (χ0) is 28.8. The lowest BCUT2D eigenvalue weighted by Gasteiger charge is -2.35. The number of carboxylic acid groups (broad SMARTS) is 1. The zero-order valence-electron chi connectivity index (χ0n) is 24.6. The number of hydrogen-bond acceptors (Lipinski definition) is 5. The Morgan fingerprint density at radius 1 is 0.951 bits per heavy atom. The first kappa shape index (κ1) is 29.3. The van der Waals surface area contributed by atoms with Crippen molar-refractivity contribution in [2.24, 2.45) is 17.8 Å². The molecule has 2 atom stereocenters. The smallest absolute Gasteiger partial charge is 0.303 e. The van der Waals surface area contributed by atoms with E-state index in [2.05, 4.69) is 17.1 Å². The minimum absolute atomic E-state index is 0.00142. The Hall–Kier alpha value is -3.22. The van der Waals surface area contributed by atoms with Crippen LogP contribution in [-0.4, -0.2) is 49.8 Å². The molecule has 0 aromatic heterocycles. The molecule has 2 aromatic rings. The monoisotopic (exact) mass is 562 g/mol. The van der Waals surface area contributed by atoms with Crippen LogP contribution in [0.2, 0.25) is 0 Å². The van der Waals surface area contributed by atoms with E-state index < -0.39 is 5.97 Å². The molecule has 7 heteroatoms. The van der Waals surface area contributed by atoms with Crippen molar-refractivity contribution in [1.82, 2.24) is 5.32 Å². The van der Waals surface area contributed by atoms with Crippen LogP contribution in [0.3, 0.4) is 0 Å². The molecule has 2 saturated carbocycles. The van der Waals surface area contributed by atoms with Crippen LogP contribution in [0.5, 0.6) is 11.5 Å². The topological polar surface area (TPSA) is 88.1 Å². The summed E-state index contributed by atoms with van der Waals surface area (Å²) in [6.07, 6.45) is 10.6. The maximum absolute atomic E-state index is 13.4. The first-order valence-electron chi connectivity index (χ1n) is 15.6. The number of carboxylic acids is 1. The minimum Gasteiger partial charge on any atom is -0.497 e. The van der Waals surface area contributed by atoms with Gasteiger partial charge in [-0.05, 0) is 98.9 Å². The summed E-state index contributed by atoms with van der Waals surface area (Å²) in [5.74, 6) is 2.36. The number of aliphatic carboxylic acids is 1. The summed E-state index contributed by atoms with van der Waals surface area (Å²) in [5, 5.41) is 12.7. The van der Waals surface area contributed by atoms with Crippen LogP contribution < -0.4 is 19.7 Å². The van der Waals surface area contributed by atoms with Crippen molar-refractivity contribution in [2.45, 2.75) is 83.1 Å². The number of nitrogens with zero attached hydrogens (tertiary/aromatic N) is 1. The molecular formula is C34H46N2O5. The number of nitrogens with one attached hydrogen (secondary N) is 1. The average molecular weight is 563 g/mol. The summed E-state index contributed by atoms with van der Waals surface area (Å²) >= 11 is 0. The molecule has 1 heterocycles. The highest BCUT2D eigenvalue weighted by Gasteiger charge is 2.34. The molecule has 3 fully saturated rings. The highest BCUT2D eigenvalue weighted by atomic mass is 16.5. The number of ether oxygens (including phenoxy) is 2. The number of carbonyl (C=O) groups excluding carboxylic acids is 1. The fourth-order valence-electron chi connectivity index (χ4n) is 6.76. The van der Waals surface area contributed by atoms with Crippen molar-refractivity contribution in [1.29, 1.82) is 0 Å². The lowest BCUT2D eigenvalue weighted by atomic mass is 9.84. The summed E-state index contributed by atoms with van der Waals surface area (Å²) in [6, 6.07) is 14.0. The third-order valence-corrected chi connectivity index (χ3v) is 9.48. The van der Waals surface area contributed by atoms with Gasteiger partial charge in [0.2, 0.25) is 0 Å². The second-order valence-corrected chi connectivity index (χ2v) is 12.4. The maximum atomic E-state index is 13.4. The molecule has 7 nitrogen and oxygen atoms in total. The molecule has 41 heavy (non-hydrogen) atoms. The predicted molar refractivity (Wildman–Crippen MR) is 161 cm³/mol. The molecule has 2 aliphatic carbocycles. The molecule has 1 aliphatic heterocycles. The van der Waals surface area contributed by atoms with E-state index >= 15 is 0 Å². The van der Waals surface area contributed by atoms with E-state index in [-0.39, 0.29) is 24.3 Å². The molecule has 1 saturated heterocycles. The Bertz CT molecular complexity index is 1180. The summed E-state index contributed by atoms with van der Waals surface area (Å²) in [4.78, 5) is 27.1. The number of amides is 1. The molecule has 1 unspecified atom stereocenters. The van der Waals surface area contributed by atoms with E-state index in [0.717, 1.165) is 61.5 Å². The van der Waals surface area contributed by atoms with Crippen LogP contribution in [-0.2, 0) is 4.79 Å². The number of anilines is 1. The van der Waals surface area contributed by atoms with Gasteiger partial charge in [0.15, 0.2) is 0 Å². The van der Waals surface area contributed by atoms with Gasteiger partial charge in [0.1, 0.15) is 11.5 Å². The zero-order valence-corrected chi connectivity index (χ0v) is 24.6. The molecule has 2 aromatic carbocycles. The van der Waals surface area contributed by atoms with E-state index in [9.17, 15) is 14.7 Å². The van der Waals surface area contributed by atoms with Crippen molar-refractivity contribution in [3.63, 3.8) is 0 Å². The van der Waals surface area contributed by atoms with Crippen LogP contribution >= 0.6 is 0 Å². The van der Waals surface area contributed by atoms with Crippen molar-refractivity contribution in [2.75, 3.05) is 31.7 Å². The molecule has 5 rings (SSSR count). The predicted octanol–water partition coefficient (Wildman–Crippen LogP) is 6.66. The van der Waals surface area contributed by atoms with Gasteiger partial charge in [0.25, 0.3) is 5.91 Å². The van der Waals surface area contributed by atoms with E-state index in [1.807, 2.05) is 42.5 Å². The number of carbonyl (C=O) groups is 2. The van der Waals surface area contributed by atoms with Gasteiger partial charge >= 0.3 is 5.97 Å². The van der Waals surface area contributed by atoms with Crippen molar-refractivity contribution in [3.8, 4) is 11.5 Å². The Morgan fingerprint density at radius 3 is 2.39 bits per heavy atom. The number of piperidine rings is 1.